The number of aromatic nitrogens is 4. The molecule has 262 valence electrons. The first-order valence-electron chi connectivity index (χ1n) is 19.0. The van der Waals surface area contributed by atoms with Gasteiger partial charge in [0.15, 0.2) is 5.82 Å². The van der Waals surface area contributed by atoms with Crippen molar-refractivity contribution in [1.29, 1.82) is 0 Å². The Hall–Kier alpha value is -7.56. The molecule has 56 heavy (non-hydrogen) atoms. The molecule has 0 spiro atoms. The zero-order valence-electron chi connectivity index (χ0n) is 30.4. The Morgan fingerprint density at radius 1 is 0.339 bits per heavy atom. The van der Waals surface area contributed by atoms with E-state index in [2.05, 4.69) is 203 Å². The SMILES string of the molecule is c1ccc(-c2cc(-c3ccccc3)nc(-c3cccc(-c4cccc(-n5c6ccccc6c6ccc7cc8ccn(-c9ccccc9)c8cc7c65)c4)c3)n2)cc1. The normalized spacial score (nSPS) is 11.6. The van der Waals surface area contributed by atoms with Crippen LogP contribution in [-0.2, 0) is 0 Å². The van der Waals surface area contributed by atoms with Crippen molar-refractivity contribution in [3.8, 4) is 56.4 Å². The Labute approximate surface area is 324 Å². The Bertz CT molecular complexity index is 3170. The highest BCUT2D eigenvalue weighted by molar-refractivity contribution is 6.20. The summed E-state index contributed by atoms with van der Waals surface area (Å²) in [6, 6.07) is 71.1. The summed E-state index contributed by atoms with van der Waals surface area (Å²) >= 11 is 0. The molecule has 0 radical (unpaired) electrons. The van der Waals surface area contributed by atoms with Gasteiger partial charge in [-0.3, -0.25) is 0 Å². The average Bonchev–Trinajstić information content (AvgIpc) is 3.85. The average molecular weight is 715 g/mol. The molecule has 0 saturated heterocycles. The lowest BCUT2D eigenvalue weighted by Crippen LogP contribution is -1.97. The van der Waals surface area contributed by atoms with Gasteiger partial charge in [-0.25, -0.2) is 9.97 Å². The van der Waals surface area contributed by atoms with Crippen molar-refractivity contribution in [3.05, 3.63) is 206 Å². The Balaban J connectivity index is 1.07. The maximum Gasteiger partial charge on any atom is 0.160 e. The maximum absolute atomic E-state index is 5.12. The highest BCUT2D eigenvalue weighted by Gasteiger charge is 2.18. The Kier molecular flexibility index (Phi) is 7.46. The molecule has 0 fully saturated rings. The van der Waals surface area contributed by atoms with Gasteiger partial charge in [0.1, 0.15) is 0 Å². The second kappa shape index (κ2) is 13.1. The van der Waals surface area contributed by atoms with Crippen molar-refractivity contribution in [3.63, 3.8) is 0 Å². The van der Waals surface area contributed by atoms with Crippen LogP contribution < -0.4 is 0 Å². The maximum atomic E-state index is 5.12. The summed E-state index contributed by atoms with van der Waals surface area (Å²) in [6.07, 6.45) is 2.18. The largest absolute Gasteiger partial charge is 0.317 e. The molecule has 0 bridgehead atoms. The number of fused-ring (bicyclic) bond motifs is 6. The first-order chi connectivity index (χ1) is 27.7. The van der Waals surface area contributed by atoms with Crippen LogP contribution >= 0.6 is 0 Å². The van der Waals surface area contributed by atoms with E-state index in [4.69, 9.17) is 9.97 Å². The van der Waals surface area contributed by atoms with E-state index < -0.39 is 0 Å². The predicted molar refractivity (Wildman–Crippen MR) is 232 cm³/mol. The lowest BCUT2D eigenvalue weighted by Gasteiger charge is -2.13. The smallest absolute Gasteiger partial charge is 0.160 e. The summed E-state index contributed by atoms with van der Waals surface area (Å²) in [7, 11) is 0. The molecule has 0 unspecified atom stereocenters. The van der Waals surface area contributed by atoms with E-state index in [0.717, 1.165) is 50.6 Å². The highest BCUT2D eigenvalue weighted by Crippen LogP contribution is 2.39. The molecule has 11 rings (SSSR count). The number of rotatable bonds is 6. The van der Waals surface area contributed by atoms with Crippen molar-refractivity contribution < 1.29 is 0 Å². The van der Waals surface area contributed by atoms with Crippen LogP contribution in [0.4, 0.5) is 0 Å². The van der Waals surface area contributed by atoms with Gasteiger partial charge in [-0.05, 0) is 77.2 Å². The van der Waals surface area contributed by atoms with Crippen molar-refractivity contribution in [1.82, 2.24) is 19.1 Å². The van der Waals surface area contributed by atoms with Crippen LogP contribution in [0.2, 0.25) is 0 Å². The lowest BCUT2D eigenvalue weighted by atomic mass is 10.0. The van der Waals surface area contributed by atoms with Gasteiger partial charge in [0, 0.05) is 55.8 Å². The van der Waals surface area contributed by atoms with Crippen LogP contribution in [0.5, 0.6) is 0 Å². The molecule has 8 aromatic carbocycles. The van der Waals surface area contributed by atoms with E-state index in [1.54, 1.807) is 0 Å². The molecule has 0 aliphatic carbocycles. The molecule has 0 aliphatic heterocycles. The minimum atomic E-state index is 0.698. The van der Waals surface area contributed by atoms with Crippen LogP contribution in [0.3, 0.4) is 0 Å². The molecule has 0 atom stereocenters. The van der Waals surface area contributed by atoms with Crippen molar-refractivity contribution >= 4 is 43.5 Å². The molecule has 0 aliphatic rings. The fourth-order valence-electron chi connectivity index (χ4n) is 8.25. The van der Waals surface area contributed by atoms with Crippen LogP contribution in [0.15, 0.2) is 206 Å². The van der Waals surface area contributed by atoms with Crippen LogP contribution in [0, 0.1) is 0 Å². The third kappa shape index (κ3) is 5.39. The summed E-state index contributed by atoms with van der Waals surface area (Å²) in [6.45, 7) is 0. The monoisotopic (exact) mass is 714 g/mol. The third-order valence-corrected chi connectivity index (χ3v) is 10.9. The minimum Gasteiger partial charge on any atom is -0.317 e. The van der Waals surface area contributed by atoms with E-state index in [-0.39, 0.29) is 0 Å². The van der Waals surface area contributed by atoms with Gasteiger partial charge in [-0.2, -0.15) is 0 Å². The van der Waals surface area contributed by atoms with E-state index in [0.29, 0.717) is 5.82 Å². The Morgan fingerprint density at radius 3 is 1.70 bits per heavy atom. The van der Waals surface area contributed by atoms with Gasteiger partial charge in [0.2, 0.25) is 0 Å². The van der Waals surface area contributed by atoms with E-state index >= 15 is 0 Å². The van der Waals surface area contributed by atoms with E-state index in [9.17, 15) is 0 Å². The van der Waals surface area contributed by atoms with Gasteiger partial charge >= 0.3 is 0 Å². The number of nitrogens with zero attached hydrogens (tertiary/aromatic N) is 4. The highest BCUT2D eigenvalue weighted by atomic mass is 15.0. The summed E-state index contributed by atoms with van der Waals surface area (Å²) < 4.78 is 4.73. The van der Waals surface area contributed by atoms with Crippen molar-refractivity contribution in [2.45, 2.75) is 0 Å². The fourth-order valence-corrected chi connectivity index (χ4v) is 8.25. The zero-order chi connectivity index (χ0) is 37.0. The van der Waals surface area contributed by atoms with Crippen LogP contribution in [-0.4, -0.2) is 19.1 Å². The number of para-hydroxylation sites is 2. The van der Waals surface area contributed by atoms with E-state index in [1.165, 1.54) is 43.5 Å². The Morgan fingerprint density at radius 2 is 0.946 bits per heavy atom. The molecule has 3 aromatic heterocycles. The topological polar surface area (TPSA) is 35.6 Å². The molecule has 4 heteroatoms. The van der Waals surface area contributed by atoms with Gasteiger partial charge < -0.3 is 9.13 Å². The van der Waals surface area contributed by atoms with Crippen LogP contribution in [0.25, 0.3) is 99.9 Å². The summed E-state index contributed by atoms with van der Waals surface area (Å²) in [4.78, 5) is 10.2. The molecule has 3 heterocycles. The first kappa shape index (κ1) is 31.9. The van der Waals surface area contributed by atoms with E-state index in [1.807, 2.05) is 12.1 Å². The molecule has 0 amide bonds. The third-order valence-electron chi connectivity index (χ3n) is 10.9. The molecule has 4 nitrogen and oxygen atoms in total. The van der Waals surface area contributed by atoms with Gasteiger partial charge in [-0.1, -0.05) is 140 Å². The van der Waals surface area contributed by atoms with Gasteiger partial charge in [-0.15, -0.1) is 0 Å². The standard InChI is InChI=1S/C52H34N4/c1-4-14-35(15-5-1)47-34-48(36-16-6-2-7-17-36)54-52(53-47)41-20-12-18-37(30-41)38-19-13-23-43(32-38)56-49-25-11-10-24-44(49)45-27-26-39-31-40-28-29-55(42-21-8-3-9-22-42)50(40)33-46(39)51(45)56/h1-34H. The minimum absolute atomic E-state index is 0.698. The second-order valence-electron chi connectivity index (χ2n) is 14.3. The van der Waals surface area contributed by atoms with Crippen molar-refractivity contribution in [2.75, 3.05) is 0 Å². The molecule has 0 N–H and O–H groups in total. The summed E-state index contributed by atoms with van der Waals surface area (Å²) in [5, 5.41) is 6.14. The lowest BCUT2D eigenvalue weighted by molar-refractivity contribution is 1.13. The first-order valence-corrected chi connectivity index (χ1v) is 19.0. The predicted octanol–water partition coefficient (Wildman–Crippen LogP) is 13.3. The number of benzene rings is 8. The number of hydrogen-bond donors (Lipinski definition) is 0. The second-order valence-corrected chi connectivity index (χ2v) is 14.3. The zero-order valence-corrected chi connectivity index (χ0v) is 30.4. The molecule has 0 saturated carbocycles. The van der Waals surface area contributed by atoms with Gasteiger partial charge in [0.05, 0.1) is 27.9 Å². The molecular weight excluding hydrogens is 681 g/mol. The fraction of sp³-hybridized carbons (Fsp3) is 0. The molecule has 11 aromatic rings. The summed E-state index contributed by atoms with van der Waals surface area (Å²) in [5.74, 6) is 0.698. The number of hydrogen-bond acceptors (Lipinski definition) is 2. The van der Waals surface area contributed by atoms with Crippen molar-refractivity contribution in [2.24, 2.45) is 0 Å². The quantitative estimate of drug-likeness (QED) is 0.172. The molecular formula is C52H34N4. The van der Waals surface area contributed by atoms with Gasteiger partial charge in [0.25, 0.3) is 0 Å². The van der Waals surface area contributed by atoms with Crippen LogP contribution in [0.1, 0.15) is 0 Å². The summed E-state index contributed by atoms with van der Waals surface area (Å²) in [5.41, 5.74) is 12.9.